The molecule has 7 heteroatoms. The number of hydrogen-bond donors (Lipinski definition) is 2. The van der Waals surface area contributed by atoms with E-state index < -0.39 is 5.97 Å². The Kier molecular flexibility index (Phi) is 4.13. The van der Waals surface area contributed by atoms with Gasteiger partial charge in [-0.3, -0.25) is 9.59 Å². The largest absolute Gasteiger partial charge is 0.481 e. The summed E-state index contributed by atoms with van der Waals surface area (Å²) in [6, 6.07) is 7.54. The van der Waals surface area contributed by atoms with Crippen molar-refractivity contribution in [2.45, 2.75) is 18.8 Å². The van der Waals surface area contributed by atoms with Crippen LogP contribution in [-0.2, 0) is 16.0 Å². The molecule has 1 saturated carbocycles. The first-order valence-corrected chi connectivity index (χ1v) is 8.01. The van der Waals surface area contributed by atoms with Crippen LogP contribution < -0.4 is 5.32 Å². The molecule has 2 N–H and O–H groups in total. The average Bonchev–Trinajstić information content (AvgIpc) is 3.15. The third kappa shape index (κ3) is 3.45. The molecule has 0 radical (unpaired) electrons. The maximum Gasteiger partial charge on any atom is 0.309 e. The Morgan fingerprint density at radius 2 is 2.27 bits per heavy atom. The van der Waals surface area contributed by atoms with Crippen molar-refractivity contribution in [3.8, 4) is 0 Å². The van der Waals surface area contributed by atoms with Gasteiger partial charge in [-0.2, -0.15) is 0 Å². The Hall–Kier alpha value is -1.92. The van der Waals surface area contributed by atoms with Crippen LogP contribution in [0.1, 0.15) is 23.6 Å². The summed E-state index contributed by atoms with van der Waals surface area (Å²) in [6.07, 6.45) is 0.653. The molecule has 0 saturated heterocycles. The summed E-state index contributed by atoms with van der Waals surface area (Å²) in [6.45, 7) is 0. The van der Waals surface area contributed by atoms with E-state index in [9.17, 15) is 9.59 Å². The number of carbonyl (C=O) groups excluding carboxylic acids is 1. The van der Waals surface area contributed by atoms with Crippen LogP contribution in [0.25, 0.3) is 0 Å². The molecular formula is C15H13ClN2O3S. The smallest absolute Gasteiger partial charge is 0.309 e. The van der Waals surface area contributed by atoms with Crippen LogP contribution >= 0.6 is 22.9 Å². The molecule has 0 aliphatic heterocycles. The van der Waals surface area contributed by atoms with Crippen LogP contribution in [0, 0.1) is 5.92 Å². The first-order chi connectivity index (χ1) is 10.5. The number of aromatic nitrogens is 1. The molecule has 1 amide bonds. The second kappa shape index (κ2) is 6.06. The van der Waals surface area contributed by atoms with E-state index in [4.69, 9.17) is 16.7 Å². The fraction of sp³-hybridized carbons (Fsp3) is 0.267. The van der Waals surface area contributed by atoms with E-state index in [-0.39, 0.29) is 24.2 Å². The van der Waals surface area contributed by atoms with Gasteiger partial charge in [-0.15, -0.1) is 11.3 Å². The summed E-state index contributed by atoms with van der Waals surface area (Å²) in [5.74, 6) is -0.907. The minimum absolute atomic E-state index is 0.0784. The monoisotopic (exact) mass is 336 g/mol. The molecule has 1 heterocycles. The molecule has 5 nitrogen and oxygen atoms in total. The number of benzene rings is 1. The Labute approximate surface area is 136 Å². The van der Waals surface area contributed by atoms with Crippen LogP contribution in [0.3, 0.4) is 0 Å². The molecule has 1 fully saturated rings. The van der Waals surface area contributed by atoms with Crippen molar-refractivity contribution >= 4 is 39.9 Å². The van der Waals surface area contributed by atoms with E-state index in [1.165, 1.54) is 11.3 Å². The third-order valence-electron chi connectivity index (χ3n) is 3.52. The molecule has 3 rings (SSSR count). The van der Waals surface area contributed by atoms with Gasteiger partial charge < -0.3 is 10.4 Å². The SMILES string of the molecule is O=C(O)Cc1csc(NC(=O)[C@H]2C[C@H]2c2cccc(Cl)c2)n1. The molecule has 22 heavy (non-hydrogen) atoms. The van der Waals surface area contributed by atoms with Gasteiger partial charge in [0.05, 0.1) is 12.1 Å². The summed E-state index contributed by atoms with van der Waals surface area (Å²) in [5, 5.41) is 14.2. The maximum absolute atomic E-state index is 12.2. The molecule has 0 bridgehead atoms. The second-order valence-electron chi connectivity index (χ2n) is 5.21. The number of nitrogens with zero attached hydrogens (tertiary/aromatic N) is 1. The van der Waals surface area contributed by atoms with Crippen LogP contribution in [0.2, 0.25) is 5.02 Å². The molecule has 2 aromatic rings. The predicted octanol–water partition coefficient (Wildman–Crippen LogP) is 3.17. The lowest BCUT2D eigenvalue weighted by molar-refractivity contribution is -0.136. The number of amides is 1. The van der Waals surface area contributed by atoms with Crippen LogP contribution in [0.4, 0.5) is 5.13 Å². The van der Waals surface area contributed by atoms with Gasteiger partial charge in [0.15, 0.2) is 5.13 Å². The predicted molar refractivity (Wildman–Crippen MR) is 84.4 cm³/mol. The number of aliphatic carboxylic acids is 1. The standard InChI is InChI=1S/C15H13ClN2O3S/c16-9-3-1-2-8(4-9)11-6-12(11)14(21)18-15-17-10(7-22-15)5-13(19)20/h1-4,7,11-12H,5-6H2,(H,19,20)(H,17,18,21)/t11-,12-/m0/s1. The number of carboxylic acids is 1. The Morgan fingerprint density at radius 1 is 1.45 bits per heavy atom. The van der Waals surface area contributed by atoms with E-state index in [2.05, 4.69) is 10.3 Å². The fourth-order valence-electron chi connectivity index (χ4n) is 2.39. The van der Waals surface area contributed by atoms with Gasteiger partial charge in [0.25, 0.3) is 0 Å². The Bertz CT molecular complexity index is 731. The molecule has 1 aliphatic rings. The van der Waals surface area contributed by atoms with Crippen LogP contribution in [-0.4, -0.2) is 22.0 Å². The highest BCUT2D eigenvalue weighted by atomic mass is 35.5. The quantitative estimate of drug-likeness (QED) is 0.879. The number of carbonyl (C=O) groups is 2. The molecule has 1 aromatic carbocycles. The van der Waals surface area contributed by atoms with Crippen LogP contribution in [0.15, 0.2) is 29.6 Å². The van der Waals surface area contributed by atoms with Crippen molar-refractivity contribution in [3.63, 3.8) is 0 Å². The average molecular weight is 337 g/mol. The van der Waals surface area contributed by atoms with Gasteiger partial charge in [0.1, 0.15) is 0 Å². The second-order valence-corrected chi connectivity index (χ2v) is 6.50. The van der Waals surface area contributed by atoms with Crippen molar-refractivity contribution < 1.29 is 14.7 Å². The van der Waals surface area contributed by atoms with Crippen LogP contribution in [0.5, 0.6) is 0 Å². The van der Waals surface area contributed by atoms with Gasteiger partial charge in [0, 0.05) is 16.3 Å². The number of nitrogens with one attached hydrogen (secondary N) is 1. The van der Waals surface area contributed by atoms with Crippen molar-refractivity contribution in [1.29, 1.82) is 0 Å². The summed E-state index contributed by atoms with van der Waals surface area (Å²) in [7, 11) is 0. The first-order valence-electron chi connectivity index (χ1n) is 6.75. The lowest BCUT2D eigenvalue weighted by Crippen LogP contribution is -2.14. The van der Waals surface area contributed by atoms with Gasteiger partial charge in [0.2, 0.25) is 5.91 Å². The zero-order valence-electron chi connectivity index (χ0n) is 11.5. The highest BCUT2D eigenvalue weighted by molar-refractivity contribution is 7.13. The molecule has 0 spiro atoms. The number of carboxylic acid groups (broad SMARTS) is 1. The lowest BCUT2D eigenvalue weighted by Gasteiger charge is -2.02. The molecule has 1 aromatic heterocycles. The zero-order valence-corrected chi connectivity index (χ0v) is 13.0. The zero-order chi connectivity index (χ0) is 15.7. The summed E-state index contributed by atoms with van der Waals surface area (Å²) >= 11 is 7.20. The first kappa shape index (κ1) is 15.0. The topological polar surface area (TPSA) is 79.3 Å². The van der Waals surface area contributed by atoms with Gasteiger partial charge in [-0.1, -0.05) is 23.7 Å². The molecule has 0 unspecified atom stereocenters. The molecular weight excluding hydrogens is 324 g/mol. The van der Waals surface area contributed by atoms with Crippen molar-refractivity contribution in [3.05, 3.63) is 45.9 Å². The highest BCUT2D eigenvalue weighted by Gasteiger charge is 2.44. The number of hydrogen-bond acceptors (Lipinski definition) is 4. The number of rotatable bonds is 5. The maximum atomic E-state index is 12.2. The number of thiazole rings is 1. The van der Waals surface area contributed by atoms with E-state index in [0.717, 1.165) is 12.0 Å². The van der Waals surface area contributed by atoms with Gasteiger partial charge >= 0.3 is 5.97 Å². The number of halogens is 1. The molecule has 114 valence electrons. The summed E-state index contributed by atoms with van der Waals surface area (Å²) in [4.78, 5) is 26.9. The van der Waals surface area contributed by atoms with Gasteiger partial charge in [-0.25, -0.2) is 4.98 Å². The fourth-order valence-corrected chi connectivity index (χ4v) is 3.30. The molecule has 2 atom stereocenters. The lowest BCUT2D eigenvalue weighted by atomic mass is 10.1. The number of anilines is 1. The normalized spacial score (nSPS) is 19.7. The Morgan fingerprint density at radius 3 is 3.00 bits per heavy atom. The van der Waals surface area contributed by atoms with Crippen molar-refractivity contribution in [2.75, 3.05) is 5.32 Å². The van der Waals surface area contributed by atoms with Gasteiger partial charge in [-0.05, 0) is 30.0 Å². The minimum atomic E-state index is -0.939. The van der Waals surface area contributed by atoms with E-state index in [0.29, 0.717) is 15.8 Å². The summed E-state index contributed by atoms with van der Waals surface area (Å²) in [5.41, 5.74) is 1.52. The third-order valence-corrected chi connectivity index (χ3v) is 4.56. The van der Waals surface area contributed by atoms with Crippen molar-refractivity contribution in [1.82, 2.24) is 4.98 Å². The molecule has 1 aliphatic carbocycles. The van der Waals surface area contributed by atoms with E-state index >= 15 is 0 Å². The van der Waals surface area contributed by atoms with E-state index in [1.54, 1.807) is 5.38 Å². The Balaban J connectivity index is 1.59. The van der Waals surface area contributed by atoms with E-state index in [1.807, 2.05) is 24.3 Å². The summed E-state index contributed by atoms with van der Waals surface area (Å²) < 4.78 is 0. The van der Waals surface area contributed by atoms with Crippen molar-refractivity contribution in [2.24, 2.45) is 5.92 Å². The highest BCUT2D eigenvalue weighted by Crippen LogP contribution is 2.48. The minimum Gasteiger partial charge on any atom is -0.481 e.